The summed E-state index contributed by atoms with van der Waals surface area (Å²) in [4.78, 5) is 0. The average Bonchev–Trinajstić information content (AvgIpc) is 3.58. The lowest BCUT2D eigenvalue weighted by Crippen LogP contribution is -2.15. The van der Waals surface area contributed by atoms with Crippen molar-refractivity contribution in [1.82, 2.24) is 0 Å². The molecule has 296 valence electrons. The second kappa shape index (κ2) is 14.7. The number of fused-ring (bicyclic) bond motifs is 7. The van der Waals surface area contributed by atoms with Crippen LogP contribution >= 0.6 is 0 Å². The number of benzene rings is 11. The van der Waals surface area contributed by atoms with E-state index >= 15 is 0 Å². The second-order valence-corrected chi connectivity index (χ2v) is 17.6. The van der Waals surface area contributed by atoms with Gasteiger partial charge in [0.05, 0.1) is 0 Å². The third-order valence-corrected chi connectivity index (χ3v) is 13.6. The Hall–Kier alpha value is -7.80. The third-order valence-electron chi connectivity index (χ3n) is 13.6. The molecule has 0 amide bonds. The lowest BCUT2D eigenvalue weighted by atomic mass is 9.80. The van der Waals surface area contributed by atoms with Crippen LogP contribution in [-0.4, -0.2) is 0 Å². The van der Waals surface area contributed by atoms with Crippen molar-refractivity contribution >= 4 is 32.3 Å². The minimum Gasteiger partial charge on any atom is -0.0622 e. The molecule has 0 aromatic heterocycles. The standard InChI is InChI=1S/C63H44/c1-63(2)59-39-48(41-17-7-3-8-18-41)28-33-53(59)54-34-29-49(40-60(54)63)47-27-31-51-52-32-30-50(56-36-46-26-16-15-25-45(46)35-55(56)42-19-9-4-10-20-42)38-58(52)62(44-23-13-6-14-24-44)61(57(51)37-47)43-21-11-5-12-22-43/h3-40H,1-2H3. The highest BCUT2D eigenvalue weighted by molar-refractivity contribution is 6.23. The molecule has 0 saturated heterocycles. The highest BCUT2D eigenvalue weighted by Gasteiger charge is 2.36. The molecule has 11 aromatic rings. The van der Waals surface area contributed by atoms with E-state index in [0.717, 1.165) is 0 Å². The molecular weight excluding hydrogens is 757 g/mol. The van der Waals surface area contributed by atoms with Gasteiger partial charge in [0.2, 0.25) is 0 Å². The number of hydrogen-bond acceptors (Lipinski definition) is 0. The fraction of sp³-hybridized carbons (Fsp3) is 0.0476. The maximum Gasteiger partial charge on any atom is 0.0159 e. The molecule has 0 N–H and O–H groups in total. The van der Waals surface area contributed by atoms with E-state index in [1.54, 1.807) is 0 Å². The Balaban J connectivity index is 1.08. The zero-order valence-corrected chi connectivity index (χ0v) is 35.4. The molecule has 0 fully saturated rings. The maximum atomic E-state index is 2.46. The van der Waals surface area contributed by atoms with E-state index in [9.17, 15) is 0 Å². The SMILES string of the molecule is CC1(C)c2cc(-c3ccccc3)ccc2-c2ccc(-c3ccc4c(c3)c(-c3ccccc3)c(-c3ccccc3)c3cc(-c5cc6ccccc6cc5-c5ccccc5)ccc34)cc21. The van der Waals surface area contributed by atoms with Crippen LogP contribution in [0.2, 0.25) is 0 Å². The molecule has 63 heavy (non-hydrogen) atoms. The first-order chi connectivity index (χ1) is 31.0. The van der Waals surface area contributed by atoms with Crippen LogP contribution in [0.1, 0.15) is 25.0 Å². The highest BCUT2D eigenvalue weighted by atomic mass is 14.4. The summed E-state index contributed by atoms with van der Waals surface area (Å²) in [6.45, 7) is 4.77. The monoisotopic (exact) mass is 800 g/mol. The Morgan fingerprint density at radius 2 is 0.603 bits per heavy atom. The van der Waals surface area contributed by atoms with Crippen molar-refractivity contribution in [2.45, 2.75) is 19.3 Å². The maximum absolute atomic E-state index is 2.46. The van der Waals surface area contributed by atoms with Gasteiger partial charge >= 0.3 is 0 Å². The quantitative estimate of drug-likeness (QED) is 0.147. The van der Waals surface area contributed by atoms with Crippen LogP contribution in [0.4, 0.5) is 0 Å². The van der Waals surface area contributed by atoms with Crippen molar-refractivity contribution in [2.75, 3.05) is 0 Å². The normalized spacial score (nSPS) is 12.7. The van der Waals surface area contributed by atoms with E-state index in [0.29, 0.717) is 0 Å². The van der Waals surface area contributed by atoms with Crippen LogP contribution in [0.25, 0.3) is 110 Å². The summed E-state index contributed by atoms with van der Waals surface area (Å²) in [5.74, 6) is 0. The molecule has 1 aliphatic carbocycles. The molecule has 0 aliphatic heterocycles. The molecule has 0 radical (unpaired) electrons. The first-order valence-corrected chi connectivity index (χ1v) is 22.1. The van der Waals surface area contributed by atoms with Gasteiger partial charge in [0.25, 0.3) is 0 Å². The fourth-order valence-corrected chi connectivity index (χ4v) is 10.5. The van der Waals surface area contributed by atoms with Crippen molar-refractivity contribution in [2.24, 2.45) is 0 Å². The molecular formula is C63H44. The van der Waals surface area contributed by atoms with E-state index in [2.05, 4.69) is 244 Å². The van der Waals surface area contributed by atoms with Crippen molar-refractivity contribution in [1.29, 1.82) is 0 Å². The van der Waals surface area contributed by atoms with Crippen LogP contribution in [0, 0.1) is 0 Å². The number of hydrogen-bond donors (Lipinski definition) is 0. The Morgan fingerprint density at radius 1 is 0.238 bits per heavy atom. The van der Waals surface area contributed by atoms with Crippen LogP contribution in [0.5, 0.6) is 0 Å². The van der Waals surface area contributed by atoms with E-state index < -0.39 is 0 Å². The second-order valence-electron chi connectivity index (χ2n) is 17.6. The lowest BCUT2D eigenvalue weighted by molar-refractivity contribution is 0.661. The van der Waals surface area contributed by atoms with Crippen molar-refractivity contribution in [3.8, 4) is 77.9 Å². The highest BCUT2D eigenvalue weighted by Crippen LogP contribution is 2.52. The Bertz CT molecular complexity index is 3540. The molecule has 0 unspecified atom stereocenters. The summed E-state index contributed by atoms with van der Waals surface area (Å²) >= 11 is 0. The summed E-state index contributed by atoms with van der Waals surface area (Å²) in [5, 5.41) is 7.49. The molecule has 11 aromatic carbocycles. The molecule has 0 saturated carbocycles. The van der Waals surface area contributed by atoms with Crippen LogP contribution in [-0.2, 0) is 5.41 Å². The Labute approximate surface area is 369 Å². The molecule has 0 bridgehead atoms. The predicted octanol–water partition coefficient (Wildman–Crippen LogP) is 17.5. The summed E-state index contributed by atoms with van der Waals surface area (Å²) in [5.41, 5.74) is 20.1. The third kappa shape index (κ3) is 6.13. The fourth-order valence-electron chi connectivity index (χ4n) is 10.5. The van der Waals surface area contributed by atoms with Crippen LogP contribution in [0.3, 0.4) is 0 Å². The van der Waals surface area contributed by atoms with Gasteiger partial charge < -0.3 is 0 Å². The topological polar surface area (TPSA) is 0 Å². The Kier molecular flexibility index (Phi) is 8.63. The first kappa shape index (κ1) is 37.0. The average molecular weight is 801 g/mol. The van der Waals surface area contributed by atoms with Crippen LogP contribution < -0.4 is 0 Å². The van der Waals surface area contributed by atoms with E-state index in [-0.39, 0.29) is 5.41 Å². The van der Waals surface area contributed by atoms with Gasteiger partial charge in [0, 0.05) is 5.41 Å². The van der Waals surface area contributed by atoms with Crippen molar-refractivity contribution < 1.29 is 0 Å². The zero-order chi connectivity index (χ0) is 42.1. The molecule has 0 heteroatoms. The van der Waals surface area contributed by atoms with Gasteiger partial charge in [-0.15, -0.1) is 0 Å². The first-order valence-electron chi connectivity index (χ1n) is 22.1. The summed E-state index contributed by atoms with van der Waals surface area (Å²) in [6, 6.07) is 85.6. The van der Waals surface area contributed by atoms with Crippen molar-refractivity contribution in [3.63, 3.8) is 0 Å². The molecule has 0 spiro atoms. The van der Waals surface area contributed by atoms with Crippen LogP contribution in [0.15, 0.2) is 231 Å². The molecule has 0 atom stereocenters. The smallest absolute Gasteiger partial charge is 0.0159 e. The van der Waals surface area contributed by atoms with Gasteiger partial charge in [-0.3, -0.25) is 0 Å². The van der Waals surface area contributed by atoms with Gasteiger partial charge in [-0.2, -0.15) is 0 Å². The summed E-state index contributed by atoms with van der Waals surface area (Å²) in [7, 11) is 0. The van der Waals surface area contributed by atoms with E-state index in [1.165, 1.54) is 121 Å². The van der Waals surface area contributed by atoms with Gasteiger partial charge in [0.1, 0.15) is 0 Å². The molecule has 0 nitrogen and oxygen atoms in total. The van der Waals surface area contributed by atoms with Crippen molar-refractivity contribution in [3.05, 3.63) is 242 Å². The summed E-state index contributed by atoms with van der Waals surface area (Å²) < 4.78 is 0. The van der Waals surface area contributed by atoms with Gasteiger partial charge in [-0.25, -0.2) is 0 Å². The molecule has 0 heterocycles. The Morgan fingerprint density at radius 3 is 1.11 bits per heavy atom. The summed E-state index contributed by atoms with van der Waals surface area (Å²) in [6.07, 6.45) is 0. The molecule has 12 rings (SSSR count). The van der Waals surface area contributed by atoms with Gasteiger partial charge in [-0.1, -0.05) is 208 Å². The number of rotatable bonds is 6. The largest absolute Gasteiger partial charge is 0.0622 e. The predicted molar refractivity (Wildman–Crippen MR) is 269 cm³/mol. The van der Waals surface area contributed by atoms with Gasteiger partial charge in [0.15, 0.2) is 0 Å². The lowest BCUT2D eigenvalue weighted by Gasteiger charge is -2.23. The van der Waals surface area contributed by atoms with E-state index in [4.69, 9.17) is 0 Å². The van der Waals surface area contributed by atoms with E-state index in [1.807, 2.05) is 0 Å². The zero-order valence-electron chi connectivity index (χ0n) is 35.4. The van der Waals surface area contributed by atoms with Gasteiger partial charge in [-0.05, 0) is 158 Å². The minimum absolute atomic E-state index is 0.142. The minimum atomic E-state index is -0.142. The molecule has 1 aliphatic rings.